The van der Waals surface area contributed by atoms with Crippen LogP contribution in [0, 0.1) is 12.8 Å². The number of carbonyl (C=O) groups is 2. The standard InChI is InChI=1S/C25H30N4O3/c1-18-7-12-23-28-21(16-29(23)15-18)17-32-22-10-8-20(9-11-22)25(31)27-14-13-26-24(30)19-5-3-2-4-6-19/h7-12,15-16,19H,2-6,13-14,17H2,1H3,(H,26,30)(H,27,31). The second-order valence-corrected chi connectivity index (χ2v) is 8.40. The van der Waals surface area contributed by atoms with Crippen LogP contribution in [0.4, 0.5) is 0 Å². The molecule has 0 saturated heterocycles. The summed E-state index contributed by atoms with van der Waals surface area (Å²) >= 11 is 0. The molecule has 3 aromatic rings. The molecule has 168 valence electrons. The summed E-state index contributed by atoms with van der Waals surface area (Å²) < 4.78 is 7.80. The smallest absolute Gasteiger partial charge is 0.251 e. The van der Waals surface area contributed by atoms with E-state index in [4.69, 9.17) is 4.74 Å². The number of benzene rings is 1. The molecular formula is C25H30N4O3. The van der Waals surface area contributed by atoms with Crippen molar-refractivity contribution in [2.75, 3.05) is 13.1 Å². The van der Waals surface area contributed by atoms with E-state index >= 15 is 0 Å². The minimum Gasteiger partial charge on any atom is -0.487 e. The van der Waals surface area contributed by atoms with Crippen LogP contribution in [0.15, 0.2) is 48.8 Å². The van der Waals surface area contributed by atoms with Crippen molar-refractivity contribution in [3.63, 3.8) is 0 Å². The van der Waals surface area contributed by atoms with Gasteiger partial charge in [0.2, 0.25) is 5.91 Å². The van der Waals surface area contributed by atoms with Crippen LogP contribution in [0.3, 0.4) is 0 Å². The Balaban J connectivity index is 1.20. The number of hydrogen-bond acceptors (Lipinski definition) is 4. The maximum Gasteiger partial charge on any atom is 0.251 e. The molecule has 1 fully saturated rings. The van der Waals surface area contributed by atoms with Crippen LogP contribution in [0.5, 0.6) is 5.75 Å². The molecule has 0 spiro atoms. The van der Waals surface area contributed by atoms with E-state index in [0.29, 0.717) is 31.0 Å². The zero-order valence-corrected chi connectivity index (χ0v) is 18.5. The number of amides is 2. The lowest BCUT2D eigenvalue weighted by Crippen LogP contribution is -2.38. The van der Waals surface area contributed by atoms with Crippen molar-refractivity contribution < 1.29 is 14.3 Å². The molecule has 1 saturated carbocycles. The molecule has 1 aliphatic carbocycles. The Hall–Kier alpha value is -3.35. The first-order valence-corrected chi connectivity index (χ1v) is 11.3. The van der Waals surface area contributed by atoms with Gasteiger partial charge in [-0.05, 0) is 55.7 Å². The van der Waals surface area contributed by atoms with Crippen LogP contribution in [0.1, 0.15) is 53.7 Å². The summed E-state index contributed by atoms with van der Waals surface area (Å²) in [5.74, 6) is 0.756. The van der Waals surface area contributed by atoms with E-state index in [-0.39, 0.29) is 17.7 Å². The molecule has 0 atom stereocenters. The highest BCUT2D eigenvalue weighted by Crippen LogP contribution is 2.23. The van der Waals surface area contributed by atoms with E-state index in [0.717, 1.165) is 37.0 Å². The summed E-state index contributed by atoms with van der Waals surface area (Å²) in [6, 6.07) is 11.0. The summed E-state index contributed by atoms with van der Waals surface area (Å²) in [4.78, 5) is 29.0. The van der Waals surface area contributed by atoms with Gasteiger partial charge >= 0.3 is 0 Å². The van der Waals surface area contributed by atoms with E-state index in [2.05, 4.69) is 15.6 Å². The molecular weight excluding hydrogens is 404 g/mol. The number of nitrogens with one attached hydrogen (secondary N) is 2. The first kappa shape index (κ1) is 21.9. The van der Waals surface area contributed by atoms with Gasteiger partial charge < -0.3 is 19.8 Å². The summed E-state index contributed by atoms with van der Waals surface area (Å²) in [7, 11) is 0. The normalized spacial score (nSPS) is 14.3. The number of rotatable bonds is 8. The van der Waals surface area contributed by atoms with Gasteiger partial charge in [0.1, 0.15) is 18.0 Å². The van der Waals surface area contributed by atoms with Gasteiger partial charge in [0.05, 0.1) is 5.69 Å². The fraction of sp³-hybridized carbons (Fsp3) is 0.400. The highest BCUT2D eigenvalue weighted by atomic mass is 16.5. The monoisotopic (exact) mass is 434 g/mol. The van der Waals surface area contributed by atoms with Crippen molar-refractivity contribution in [3.8, 4) is 5.75 Å². The fourth-order valence-corrected chi connectivity index (χ4v) is 4.06. The number of imidazole rings is 1. The topological polar surface area (TPSA) is 84.7 Å². The molecule has 2 aromatic heterocycles. The third-order valence-electron chi connectivity index (χ3n) is 5.84. The Labute approximate surface area is 188 Å². The summed E-state index contributed by atoms with van der Waals surface area (Å²) in [6.07, 6.45) is 9.43. The number of nitrogens with zero attached hydrogens (tertiary/aromatic N) is 2. The Morgan fingerprint density at radius 1 is 1.00 bits per heavy atom. The van der Waals surface area contributed by atoms with E-state index in [1.165, 1.54) is 12.0 Å². The van der Waals surface area contributed by atoms with Crippen LogP contribution in [0.25, 0.3) is 5.65 Å². The molecule has 1 aromatic carbocycles. The van der Waals surface area contributed by atoms with Crippen LogP contribution < -0.4 is 15.4 Å². The molecule has 0 aliphatic heterocycles. The van der Waals surface area contributed by atoms with Gasteiger partial charge in [-0.3, -0.25) is 9.59 Å². The minimum absolute atomic E-state index is 0.112. The third-order valence-corrected chi connectivity index (χ3v) is 5.84. The Bertz CT molecular complexity index is 1070. The molecule has 2 amide bonds. The molecule has 2 N–H and O–H groups in total. The Morgan fingerprint density at radius 2 is 1.75 bits per heavy atom. The van der Waals surface area contributed by atoms with E-state index < -0.39 is 0 Å². The zero-order valence-electron chi connectivity index (χ0n) is 18.5. The lowest BCUT2D eigenvalue weighted by atomic mass is 9.89. The highest BCUT2D eigenvalue weighted by Gasteiger charge is 2.20. The molecule has 7 heteroatoms. The average molecular weight is 435 g/mol. The summed E-state index contributed by atoms with van der Waals surface area (Å²) in [5, 5.41) is 5.78. The van der Waals surface area contributed by atoms with E-state index in [9.17, 15) is 9.59 Å². The van der Waals surface area contributed by atoms with Gasteiger partial charge in [0.15, 0.2) is 0 Å². The third kappa shape index (κ3) is 5.66. The number of aryl methyl sites for hydroxylation is 1. The molecule has 4 rings (SSSR count). The molecule has 32 heavy (non-hydrogen) atoms. The Kier molecular flexibility index (Phi) is 7.04. The van der Waals surface area contributed by atoms with Gasteiger partial charge in [0.25, 0.3) is 5.91 Å². The molecule has 0 radical (unpaired) electrons. The van der Waals surface area contributed by atoms with Crippen molar-refractivity contribution in [2.24, 2.45) is 5.92 Å². The van der Waals surface area contributed by atoms with Gasteiger partial charge in [-0.2, -0.15) is 0 Å². The average Bonchev–Trinajstić information content (AvgIpc) is 3.23. The van der Waals surface area contributed by atoms with Crippen molar-refractivity contribution in [2.45, 2.75) is 45.6 Å². The van der Waals surface area contributed by atoms with Crippen molar-refractivity contribution >= 4 is 17.5 Å². The largest absolute Gasteiger partial charge is 0.487 e. The van der Waals surface area contributed by atoms with E-state index in [1.807, 2.05) is 35.9 Å². The predicted octanol–water partition coefficient (Wildman–Crippen LogP) is 3.65. The quantitative estimate of drug-likeness (QED) is 0.530. The van der Waals surface area contributed by atoms with Gasteiger partial charge in [0, 0.05) is 37.0 Å². The minimum atomic E-state index is -0.167. The second kappa shape index (κ2) is 10.3. The number of fused-ring (bicyclic) bond motifs is 1. The lowest BCUT2D eigenvalue weighted by molar-refractivity contribution is -0.125. The maximum atomic E-state index is 12.3. The van der Waals surface area contributed by atoms with Crippen LogP contribution in [-0.2, 0) is 11.4 Å². The van der Waals surface area contributed by atoms with Crippen molar-refractivity contribution in [3.05, 3.63) is 65.6 Å². The second-order valence-electron chi connectivity index (χ2n) is 8.40. The van der Waals surface area contributed by atoms with Crippen LogP contribution in [-0.4, -0.2) is 34.3 Å². The van der Waals surface area contributed by atoms with Gasteiger partial charge in [-0.15, -0.1) is 0 Å². The molecule has 0 bridgehead atoms. The first-order valence-electron chi connectivity index (χ1n) is 11.3. The van der Waals surface area contributed by atoms with Crippen LogP contribution >= 0.6 is 0 Å². The predicted molar refractivity (Wildman–Crippen MR) is 123 cm³/mol. The number of aromatic nitrogens is 2. The van der Waals surface area contributed by atoms with Crippen LogP contribution in [0.2, 0.25) is 0 Å². The summed E-state index contributed by atoms with van der Waals surface area (Å²) in [6.45, 7) is 3.25. The number of carbonyl (C=O) groups excluding carboxylic acids is 2. The number of hydrogen-bond donors (Lipinski definition) is 2. The zero-order chi connectivity index (χ0) is 22.3. The molecule has 7 nitrogen and oxygen atoms in total. The van der Waals surface area contributed by atoms with Crippen molar-refractivity contribution in [1.29, 1.82) is 0 Å². The molecule has 2 heterocycles. The van der Waals surface area contributed by atoms with Gasteiger partial charge in [-0.25, -0.2) is 4.98 Å². The Morgan fingerprint density at radius 3 is 2.53 bits per heavy atom. The SMILES string of the molecule is Cc1ccc2nc(COc3ccc(C(=O)NCCNC(=O)C4CCCCC4)cc3)cn2c1. The molecule has 0 unspecified atom stereocenters. The fourth-order valence-electron chi connectivity index (χ4n) is 4.06. The van der Waals surface area contributed by atoms with E-state index in [1.54, 1.807) is 24.3 Å². The summed E-state index contributed by atoms with van der Waals surface area (Å²) in [5.41, 5.74) is 3.45. The highest BCUT2D eigenvalue weighted by molar-refractivity contribution is 5.94. The maximum absolute atomic E-state index is 12.3. The number of pyridine rings is 1. The molecule has 1 aliphatic rings. The van der Waals surface area contributed by atoms with Gasteiger partial charge in [-0.1, -0.05) is 25.3 Å². The number of ether oxygens (including phenoxy) is 1. The first-order chi connectivity index (χ1) is 15.6. The lowest BCUT2D eigenvalue weighted by Gasteiger charge is -2.20. The van der Waals surface area contributed by atoms with Crippen molar-refractivity contribution in [1.82, 2.24) is 20.0 Å².